The Hall–Kier alpha value is -1.32. The molecule has 0 aliphatic heterocycles. The topological polar surface area (TPSA) is 38.1 Å². The van der Waals surface area contributed by atoms with Crippen LogP contribution in [0.1, 0.15) is 35.9 Å². The van der Waals surface area contributed by atoms with Gasteiger partial charge in [0.1, 0.15) is 6.10 Å². The molecule has 0 radical (unpaired) electrons. The van der Waals surface area contributed by atoms with Gasteiger partial charge in [-0.3, -0.25) is 4.68 Å². The number of aromatic nitrogens is 2. The van der Waals surface area contributed by atoms with E-state index in [0.29, 0.717) is 4.68 Å². The van der Waals surface area contributed by atoms with E-state index in [0.717, 1.165) is 0 Å². The van der Waals surface area contributed by atoms with Crippen molar-refractivity contribution in [2.75, 3.05) is 0 Å². The summed E-state index contributed by atoms with van der Waals surface area (Å²) < 4.78 is 92.3. The predicted molar refractivity (Wildman–Crippen MR) is 58.5 cm³/mol. The van der Waals surface area contributed by atoms with Gasteiger partial charge in [-0.2, -0.15) is 18.3 Å². The molecular formula is C12H11F7N2O. The first kappa shape index (κ1) is 15.6. The van der Waals surface area contributed by atoms with E-state index >= 15 is 0 Å². The molecule has 1 aromatic heterocycles. The number of alkyl halides is 7. The standard InChI is InChI=1S/C12H11F7N2O/c13-10(14)2-1-6-7(9(10)22)8(12(17,18)19)20-21(6)4-5-3-11(5,15)16/h5,9,22H,1-4H2/t5-,9+/m1/s1. The third-order valence-corrected chi connectivity index (χ3v) is 4.08. The van der Waals surface area contributed by atoms with Gasteiger partial charge in [0.25, 0.3) is 11.8 Å². The van der Waals surface area contributed by atoms with Crippen LogP contribution in [0.25, 0.3) is 0 Å². The van der Waals surface area contributed by atoms with Crippen LogP contribution >= 0.6 is 0 Å². The Morgan fingerprint density at radius 1 is 1.18 bits per heavy atom. The molecule has 1 fully saturated rings. The first-order valence-corrected chi connectivity index (χ1v) is 6.54. The van der Waals surface area contributed by atoms with Gasteiger partial charge in [0.05, 0.1) is 0 Å². The highest BCUT2D eigenvalue weighted by atomic mass is 19.4. The molecule has 0 saturated heterocycles. The van der Waals surface area contributed by atoms with E-state index in [1.54, 1.807) is 0 Å². The van der Waals surface area contributed by atoms with E-state index in [2.05, 4.69) is 5.10 Å². The van der Waals surface area contributed by atoms with E-state index in [-0.39, 0.29) is 5.69 Å². The van der Waals surface area contributed by atoms with Crippen molar-refractivity contribution in [1.29, 1.82) is 0 Å². The summed E-state index contributed by atoms with van der Waals surface area (Å²) in [6.45, 7) is -0.482. The lowest BCUT2D eigenvalue weighted by molar-refractivity contribution is -0.150. The number of hydrogen-bond donors (Lipinski definition) is 1. The monoisotopic (exact) mass is 332 g/mol. The van der Waals surface area contributed by atoms with E-state index in [1.807, 2.05) is 0 Å². The summed E-state index contributed by atoms with van der Waals surface area (Å²) in [6.07, 6.45) is -9.47. The molecular weight excluding hydrogens is 321 g/mol. The van der Waals surface area contributed by atoms with Crippen molar-refractivity contribution in [1.82, 2.24) is 9.78 Å². The van der Waals surface area contributed by atoms with Crippen LogP contribution in [-0.2, 0) is 19.1 Å². The number of nitrogens with zero attached hydrogens (tertiary/aromatic N) is 2. The molecule has 1 N–H and O–H groups in total. The van der Waals surface area contributed by atoms with Gasteiger partial charge in [-0.05, 0) is 6.42 Å². The van der Waals surface area contributed by atoms with Crippen molar-refractivity contribution >= 4 is 0 Å². The lowest BCUT2D eigenvalue weighted by Crippen LogP contribution is -2.33. The highest BCUT2D eigenvalue weighted by Gasteiger charge is 2.58. The maximum absolute atomic E-state index is 13.5. The van der Waals surface area contributed by atoms with Gasteiger partial charge in [0.15, 0.2) is 5.69 Å². The van der Waals surface area contributed by atoms with Crippen molar-refractivity contribution in [2.45, 2.75) is 49.9 Å². The summed E-state index contributed by atoms with van der Waals surface area (Å²) in [4.78, 5) is 0. The molecule has 10 heteroatoms. The highest BCUT2D eigenvalue weighted by Crippen LogP contribution is 2.51. The molecule has 1 saturated carbocycles. The molecule has 3 nitrogen and oxygen atoms in total. The van der Waals surface area contributed by atoms with Crippen molar-refractivity contribution in [2.24, 2.45) is 5.92 Å². The summed E-state index contributed by atoms with van der Waals surface area (Å²) in [5.41, 5.74) is -2.86. The maximum atomic E-state index is 13.5. The quantitative estimate of drug-likeness (QED) is 0.845. The lowest BCUT2D eigenvalue weighted by Gasteiger charge is -2.28. The first-order valence-electron chi connectivity index (χ1n) is 6.54. The van der Waals surface area contributed by atoms with Gasteiger partial charge in [-0.1, -0.05) is 0 Å². The van der Waals surface area contributed by atoms with E-state index in [4.69, 9.17) is 0 Å². The first-order chi connectivity index (χ1) is 9.93. The molecule has 2 aliphatic carbocycles. The second-order valence-electron chi connectivity index (χ2n) is 5.71. The van der Waals surface area contributed by atoms with Crippen LogP contribution in [0, 0.1) is 5.92 Å². The molecule has 124 valence electrons. The SMILES string of the molecule is O[C@H]1c2c(C(F)(F)F)nn(C[C@H]3CC3(F)F)c2CCC1(F)F. The lowest BCUT2D eigenvalue weighted by atomic mass is 9.89. The van der Waals surface area contributed by atoms with E-state index < -0.39 is 67.1 Å². The van der Waals surface area contributed by atoms with Crippen molar-refractivity contribution in [3.63, 3.8) is 0 Å². The van der Waals surface area contributed by atoms with Crippen LogP contribution < -0.4 is 0 Å². The van der Waals surface area contributed by atoms with Crippen molar-refractivity contribution in [3.8, 4) is 0 Å². The zero-order chi connectivity index (χ0) is 16.5. The smallest absolute Gasteiger partial charge is 0.382 e. The summed E-state index contributed by atoms with van der Waals surface area (Å²) >= 11 is 0. The molecule has 0 amide bonds. The van der Waals surface area contributed by atoms with Gasteiger partial charge < -0.3 is 5.11 Å². The van der Waals surface area contributed by atoms with Crippen LogP contribution in [-0.4, -0.2) is 26.7 Å². The normalized spacial score (nSPS) is 29.3. The fourth-order valence-electron chi connectivity index (χ4n) is 2.73. The van der Waals surface area contributed by atoms with Crippen LogP contribution in [0.3, 0.4) is 0 Å². The van der Waals surface area contributed by atoms with Crippen molar-refractivity contribution < 1.29 is 35.8 Å². The molecule has 0 aromatic carbocycles. The molecule has 2 aliphatic rings. The number of aliphatic hydroxyl groups is 1. The predicted octanol–water partition coefficient (Wildman–Crippen LogP) is 3.17. The highest BCUT2D eigenvalue weighted by molar-refractivity contribution is 5.35. The number of aliphatic hydroxyl groups excluding tert-OH is 1. The molecule has 1 heterocycles. The molecule has 3 rings (SSSR count). The molecule has 2 atom stereocenters. The minimum absolute atomic E-state index is 0.242. The number of halogens is 7. The third-order valence-electron chi connectivity index (χ3n) is 4.08. The van der Waals surface area contributed by atoms with Crippen molar-refractivity contribution in [3.05, 3.63) is 17.0 Å². The van der Waals surface area contributed by atoms with E-state index in [9.17, 15) is 35.8 Å². The Bertz CT molecular complexity index is 607. The second-order valence-corrected chi connectivity index (χ2v) is 5.71. The Labute approximate surface area is 119 Å². The van der Waals surface area contributed by atoms with Gasteiger partial charge >= 0.3 is 6.18 Å². The molecule has 22 heavy (non-hydrogen) atoms. The Balaban J connectivity index is 2.04. The Kier molecular flexibility index (Phi) is 3.09. The third kappa shape index (κ3) is 2.37. The van der Waals surface area contributed by atoms with Gasteiger partial charge in [0, 0.05) is 36.6 Å². The molecule has 0 unspecified atom stereocenters. The average molecular weight is 332 g/mol. The number of fused-ring (bicyclic) bond motifs is 1. The van der Waals surface area contributed by atoms with E-state index in [1.165, 1.54) is 0 Å². The molecule has 1 aromatic rings. The summed E-state index contributed by atoms with van der Waals surface area (Å²) in [7, 11) is 0. The molecule has 0 spiro atoms. The summed E-state index contributed by atoms with van der Waals surface area (Å²) in [5.74, 6) is -7.82. The molecule has 0 bridgehead atoms. The van der Waals surface area contributed by atoms with Crippen LogP contribution in [0.15, 0.2) is 0 Å². The zero-order valence-corrected chi connectivity index (χ0v) is 11.0. The zero-order valence-electron chi connectivity index (χ0n) is 11.0. The summed E-state index contributed by atoms with van der Waals surface area (Å²) in [5, 5.41) is 12.7. The van der Waals surface area contributed by atoms with Gasteiger partial charge in [0.2, 0.25) is 0 Å². The summed E-state index contributed by atoms with van der Waals surface area (Å²) in [6, 6.07) is 0. The van der Waals surface area contributed by atoms with Gasteiger partial charge in [-0.25, -0.2) is 17.6 Å². The minimum Gasteiger partial charge on any atom is -0.382 e. The number of rotatable bonds is 2. The average Bonchev–Trinajstić information content (AvgIpc) is 2.80. The Morgan fingerprint density at radius 2 is 1.77 bits per heavy atom. The van der Waals surface area contributed by atoms with Crippen LogP contribution in [0.2, 0.25) is 0 Å². The van der Waals surface area contributed by atoms with Crippen LogP contribution in [0.4, 0.5) is 30.7 Å². The second kappa shape index (κ2) is 4.36. The van der Waals surface area contributed by atoms with Crippen LogP contribution in [0.5, 0.6) is 0 Å². The van der Waals surface area contributed by atoms with Gasteiger partial charge in [-0.15, -0.1) is 0 Å². The number of hydrogen-bond acceptors (Lipinski definition) is 2. The fourth-order valence-corrected chi connectivity index (χ4v) is 2.73. The maximum Gasteiger partial charge on any atom is 0.435 e. The minimum atomic E-state index is -5.05. The largest absolute Gasteiger partial charge is 0.435 e. The fraction of sp³-hybridized carbons (Fsp3) is 0.750. The Morgan fingerprint density at radius 3 is 2.27 bits per heavy atom.